The predicted octanol–water partition coefficient (Wildman–Crippen LogP) is 0.996. The molecule has 0 N–H and O–H groups in total. The van der Waals surface area contributed by atoms with Gasteiger partial charge in [-0.05, 0) is 0 Å². The van der Waals surface area contributed by atoms with E-state index in [1.54, 1.807) is 0 Å². The van der Waals surface area contributed by atoms with Gasteiger partial charge in [-0.3, -0.25) is 0 Å². The van der Waals surface area contributed by atoms with Crippen LogP contribution in [0.1, 0.15) is 0 Å². The zero-order valence-electron chi connectivity index (χ0n) is 1.56. The third kappa shape index (κ3) is 8.87. The summed E-state index contributed by atoms with van der Waals surface area (Å²) in [5, 5.41) is 0. The van der Waals surface area contributed by atoms with Crippen molar-refractivity contribution in [2.24, 2.45) is 0 Å². The molecule has 4 heavy (non-hydrogen) atoms. The van der Waals surface area contributed by atoms with Gasteiger partial charge in [0.2, 0.25) is 0 Å². The molecule has 0 unspecified atom stereocenters. The molecule has 0 bridgehead atoms. The number of hydrogen-bond donors (Lipinski definition) is 0. The van der Waals surface area contributed by atoms with Crippen LogP contribution >= 0.6 is 16.6 Å². The molecule has 0 aliphatic rings. The Labute approximate surface area is 59.9 Å². The van der Waals surface area contributed by atoms with E-state index >= 15 is 0 Å². The normalized spacial score (nSPS) is 4.50. The molecular weight excluding hydrogens is 386 g/mol. The first-order valence-electron chi connectivity index (χ1n) is 0.378. The van der Waals surface area contributed by atoms with E-state index in [2.05, 4.69) is 0 Å². The number of hydrogen-bond acceptors (Lipinski definition) is 0. The molecule has 0 aromatic rings. The Morgan fingerprint density at radius 3 is 1.25 bits per heavy atom. The Kier molecular flexibility index (Phi) is 21.4. The second-order valence-electron chi connectivity index (χ2n) is 0.0714. The zero-order valence-corrected chi connectivity index (χ0v) is 8.44. The minimum atomic E-state index is -0.972. The van der Waals surface area contributed by atoms with Crippen LogP contribution in [0, 0.1) is 0 Å². The quantitative estimate of drug-likeness (QED) is 0.546. The van der Waals surface area contributed by atoms with Gasteiger partial charge < -0.3 is 0 Å². The van der Waals surface area contributed by atoms with Crippen molar-refractivity contribution in [3.63, 3.8) is 0 Å². The van der Waals surface area contributed by atoms with E-state index in [4.69, 9.17) is 16.6 Å². The fourth-order valence-electron chi connectivity index (χ4n) is 0. The second kappa shape index (κ2) is 8.97. The third-order valence-corrected chi connectivity index (χ3v) is 0. The first-order valence-corrected chi connectivity index (χ1v) is 9.95. The van der Waals surface area contributed by atoms with Crippen molar-refractivity contribution in [3.05, 3.63) is 0 Å². The average molecular weight is 386 g/mol. The maximum absolute atomic E-state index is 4.96. The summed E-state index contributed by atoms with van der Waals surface area (Å²) in [5.41, 5.74) is 0. The van der Waals surface area contributed by atoms with Gasteiger partial charge in [0, 0.05) is 22.4 Å². The van der Waals surface area contributed by atoms with E-state index in [1.807, 2.05) is 0 Å². The van der Waals surface area contributed by atoms with E-state index < -0.39 is 21.8 Å². The zero-order chi connectivity index (χ0) is 2.71. The summed E-state index contributed by atoms with van der Waals surface area (Å²) in [5.74, 6) is 0. The molecule has 0 fully saturated rings. The topological polar surface area (TPSA) is 0 Å². The van der Waals surface area contributed by atoms with E-state index in [0.29, 0.717) is 0 Å². The fraction of sp³-hybridized carbons (Fsp3) is 0. The van der Waals surface area contributed by atoms with Crippen LogP contribution in [-0.2, 0) is 22.4 Å². The minimum absolute atomic E-state index is 0. The van der Waals surface area contributed by atoms with Crippen molar-refractivity contribution in [1.82, 2.24) is 0 Å². The number of halogens is 2. The Bertz CT molecular complexity index is 6.00. The van der Waals surface area contributed by atoms with Gasteiger partial charge in [0.05, 0.1) is 0 Å². The first kappa shape index (κ1) is 9.53. The van der Waals surface area contributed by atoms with E-state index in [9.17, 15) is 0 Å². The summed E-state index contributed by atoms with van der Waals surface area (Å²) in [7, 11) is 9.92. The first-order chi connectivity index (χ1) is 1.41. The van der Waals surface area contributed by atoms with Gasteiger partial charge in [-0.1, -0.05) is 0 Å². The van der Waals surface area contributed by atoms with Crippen molar-refractivity contribution in [2.45, 2.75) is 0 Å². The molecular formula is AgCl2Pb. The predicted molar refractivity (Wildman–Crippen MR) is 17.5 cm³/mol. The van der Waals surface area contributed by atoms with Gasteiger partial charge in [0.15, 0.2) is 0 Å². The second-order valence-corrected chi connectivity index (χ2v) is 5.64. The molecule has 0 saturated carbocycles. The average Bonchev–Trinajstić information content (AvgIpc) is 0.918. The summed E-state index contributed by atoms with van der Waals surface area (Å²) in [6, 6.07) is 0. The third-order valence-electron chi connectivity index (χ3n) is 0. The van der Waals surface area contributed by atoms with Crippen molar-refractivity contribution >= 4 is 38.4 Å². The summed E-state index contributed by atoms with van der Waals surface area (Å²) in [6.07, 6.45) is 0. The molecule has 0 aromatic carbocycles. The molecule has 0 heterocycles. The van der Waals surface area contributed by atoms with Gasteiger partial charge in [-0.2, -0.15) is 0 Å². The molecule has 3 radical (unpaired) electrons. The molecule has 0 amide bonds. The van der Waals surface area contributed by atoms with E-state index in [1.165, 1.54) is 0 Å². The van der Waals surface area contributed by atoms with Crippen molar-refractivity contribution < 1.29 is 22.4 Å². The maximum atomic E-state index is 4.96. The van der Waals surface area contributed by atoms with Crippen LogP contribution in [0.15, 0.2) is 0 Å². The summed E-state index contributed by atoms with van der Waals surface area (Å²) in [6.45, 7) is 0. The molecule has 0 atom stereocenters. The fourth-order valence-corrected chi connectivity index (χ4v) is 0. The van der Waals surface area contributed by atoms with Crippen LogP contribution in [0.4, 0.5) is 0 Å². The van der Waals surface area contributed by atoms with Crippen molar-refractivity contribution in [3.8, 4) is 0 Å². The van der Waals surface area contributed by atoms with Crippen LogP contribution < -0.4 is 0 Å². The Hall–Kier alpha value is 2.24. The van der Waals surface area contributed by atoms with E-state index in [0.717, 1.165) is 0 Å². The summed E-state index contributed by atoms with van der Waals surface area (Å²) in [4.78, 5) is 0. The molecule has 0 aromatic heterocycles. The van der Waals surface area contributed by atoms with Crippen LogP contribution in [0.2, 0.25) is 0 Å². The van der Waals surface area contributed by atoms with Gasteiger partial charge in [0.1, 0.15) is 0 Å². The van der Waals surface area contributed by atoms with Crippen LogP contribution in [-0.4, -0.2) is 21.8 Å². The Morgan fingerprint density at radius 1 is 1.25 bits per heavy atom. The number of rotatable bonds is 0. The molecule has 4 heteroatoms. The summed E-state index contributed by atoms with van der Waals surface area (Å²) >= 11 is -0.972. The van der Waals surface area contributed by atoms with Gasteiger partial charge >= 0.3 is 38.4 Å². The molecule has 29 valence electrons. The van der Waals surface area contributed by atoms with Crippen LogP contribution in [0.3, 0.4) is 0 Å². The Balaban J connectivity index is 0. The SMILES string of the molecule is [Ag].[Cl][Pb][Cl]. The molecule has 0 aliphatic carbocycles. The molecule has 0 spiro atoms. The van der Waals surface area contributed by atoms with Gasteiger partial charge in [0.25, 0.3) is 0 Å². The molecule has 0 nitrogen and oxygen atoms in total. The van der Waals surface area contributed by atoms with Crippen molar-refractivity contribution in [2.75, 3.05) is 0 Å². The van der Waals surface area contributed by atoms with Crippen LogP contribution in [0.5, 0.6) is 0 Å². The van der Waals surface area contributed by atoms with Gasteiger partial charge in [-0.15, -0.1) is 0 Å². The monoisotopic (exact) mass is 385 g/mol. The van der Waals surface area contributed by atoms with Gasteiger partial charge in [-0.25, -0.2) is 0 Å². The molecule has 0 rings (SSSR count). The molecule has 0 saturated heterocycles. The van der Waals surface area contributed by atoms with Crippen molar-refractivity contribution in [1.29, 1.82) is 0 Å². The van der Waals surface area contributed by atoms with Crippen LogP contribution in [0.25, 0.3) is 0 Å². The summed E-state index contributed by atoms with van der Waals surface area (Å²) < 4.78 is 0. The standard InChI is InChI=1S/Ag.2ClH.Pb/h;2*1H;/q;;;+2/p-2. The molecule has 0 aliphatic heterocycles. The Morgan fingerprint density at radius 2 is 1.25 bits per heavy atom. The van der Waals surface area contributed by atoms with E-state index in [-0.39, 0.29) is 22.4 Å².